The summed E-state index contributed by atoms with van der Waals surface area (Å²) in [5.74, 6) is 0.512. The van der Waals surface area contributed by atoms with Gasteiger partial charge >= 0.3 is 0 Å². The molecule has 0 fully saturated rings. The van der Waals surface area contributed by atoms with Crippen LogP contribution >= 0.6 is 35.2 Å². The lowest BCUT2D eigenvalue weighted by atomic mass is 10.2. The molecule has 0 aliphatic carbocycles. The normalized spacial score (nSPS) is 10.6. The third-order valence-electron chi connectivity index (χ3n) is 3.81. The molecule has 3 N–H and O–H groups in total. The van der Waals surface area contributed by atoms with Crippen LogP contribution in [0, 0.1) is 10.9 Å². The quantitative estimate of drug-likeness (QED) is 0.594. The van der Waals surface area contributed by atoms with Crippen LogP contribution in [-0.4, -0.2) is 17.6 Å². The highest BCUT2D eigenvalue weighted by atomic mass is 35.5. The highest BCUT2D eigenvalue weighted by molar-refractivity contribution is 7.73. The molecule has 1 heterocycles. The summed E-state index contributed by atoms with van der Waals surface area (Å²) in [5.41, 5.74) is 8.46. The second-order valence-electron chi connectivity index (χ2n) is 5.51. The molecule has 26 heavy (non-hydrogen) atoms. The first-order valence-electron chi connectivity index (χ1n) is 7.64. The van der Waals surface area contributed by atoms with Gasteiger partial charge in [-0.2, -0.15) is 0 Å². The smallest absolute Gasteiger partial charge is 0.269 e. The number of aryl methyl sites for hydroxylation is 1. The number of carbonyl (C=O) groups is 1. The summed E-state index contributed by atoms with van der Waals surface area (Å²) < 4.78 is 7.40. The monoisotopic (exact) mass is 405 g/mol. The van der Waals surface area contributed by atoms with Gasteiger partial charge in [-0.3, -0.25) is 9.36 Å². The number of nitrogen functional groups attached to an aromatic ring is 1. The van der Waals surface area contributed by atoms with Crippen molar-refractivity contribution in [1.82, 2.24) is 4.57 Å². The number of benzene rings is 2. The number of ether oxygens (including phenoxy) is 1. The van der Waals surface area contributed by atoms with Crippen molar-refractivity contribution >= 4 is 52.6 Å². The van der Waals surface area contributed by atoms with E-state index >= 15 is 0 Å². The van der Waals surface area contributed by atoms with Crippen LogP contribution in [0.5, 0.6) is 5.75 Å². The Morgan fingerprint density at radius 2 is 2.04 bits per heavy atom. The molecule has 2 aromatic carbocycles. The second-order valence-corrected chi connectivity index (χ2v) is 7.56. The molecule has 134 valence electrons. The number of rotatable bonds is 4. The topological polar surface area (TPSA) is 69.3 Å². The number of hydrogen-bond donors (Lipinski definition) is 2. The molecule has 0 saturated carbocycles. The van der Waals surface area contributed by atoms with E-state index in [-0.39, 0.29) is 11.7 Å². The summed E-state index contributed by atoms with van der Waals surface area (Å²) in [5, 5.41) is 3.47. The minimum Gasteiger partial charge on any atom is -0.495 e. The Bertz CT molecular complexity index is 1040. The van der Waals surface area contributed by atoms with Crippen LogP contribution in [0.4, 0.5) is 11.5 Å². The number of anilines is 2. The number of carbonyl (C=O) groups excluding carboxylic acids is 1. The summed E-state index contributed by atoms with van der Waals surface area (Å²) in [6.45, 7) is 1.90. The average Bonchev–Trinajstić information content (AvgIpc) is 2.92. The SMILES string of the molecule is COc1ccccc1NC(=O)c1sc(=S)n(-c2ccc(Cl)c(C)c2)c1N. The predicted molar refractivity (Wildman–Crippen MR) is 110 cm³/mol. The molecule has 0 saturated heterocycles. The van der Waals surface area contributed by atoms with E-state index in [0.29, 0.717) is 25.3 Å². The van der Waals surface area contributed by atoms with Crippen LogP contribution in [-0.2, 0) is 0 Å². The average molecular weight is 406 g/mol. The Labute approximate surface area is 165 Å². The number of aromatic nitrogens is 1. The van der Waals surface area contributed by atoms with Gasteiger partial charge in [0.05, 0.1) is 12.8 Å². The zero-order chi connectivity index (χ0) is 18.8. The highest BCUT2D eigenvalue weighted by Crippen LogP contribution is 2.30. The van der Waals surface area contributed by atoms with E-state index in [1.807, 2.05) is 31.2 Å². The van der Waals surface area contributed by atoms with Crippen LogP contribution in [0.2, 0.25) is 5.02 Å². The molecular formula is C18H16ClN3O2S2. The van der Waals surface area contributed by atoms with Crippen molar-refractivity contribution < 1.29 is 9.53 Å². The molecule has 0 atom stereocenters. The summed E-state index contributed by atoms with van der Waals surface area (Å²) in [7, 11) is 1.54. The molecule has 1 amide bonds. The molecule has 1 aromatic heterocycles. The number of halogens is 1. The zero-order valence-corrected chi connectivity index (χ0v) is 16.5. The van der Waals surface area contributed by atoms with Crippen LogP contribution in [0.25, 0.3) is 5.69 Å². The first-order valence-corrected chi connectivity index (χ1v) is 9.25. The number of nitrogens with zero attached hydrogens (tertiary/aromatic N) is 1. The van der Waals surface area contributed by atoms with Crippen LogP contribution in [0.1, 0.15) is 15.2 Å². The lowest BCUT2D eigenvalue weighted by molar-refractivity contribution is 0.103. The summed E-state index contributed by atoms with van der Waals surface area (Å²) in [4.78, 5) is 13.0. The number of thiazole rings is 1. The van der Waals surface area contributed by atoms with Crippen LogP contribution in [0.3, 0.4) is 0 Å². The minimum atomic E-state index is -0.340. The third-order valence-corrected chi connectivity index (χ3v) is 5.62. The van der Waals surface area contributed by atoms with E-state index in [4.69, 9.17) is 34.3 Å². The Morgan fingerprint density at radius 1 is 1.31 bits per heavy atom. The standard InChI is InChI=1S/C18H16ClN3O2S2/c1-10-9-11(7-8-12(10)19)22-16(20)15(26-18(22)25)17(23)21-13-5-3-4-6-14(13)24-2/h3-9H,20H2,1-2H3,(H,21,23). The lowest BCUT2D eigenvalue weighted by Gasteiger charge is -2.10. The van der Waals surface area contributed by atoms with Crippen molar-refractivity contribution in [3.05, 3.63) is 61.9 Å². The zero-order valence-electron chi connectivity index (χ0n) is 14.1. The summed E-state index contributed by atoms with van der Waals surface area (Å²) >= 11 is 12.7. The number of para-hydroxylation sites is 2. The molecule has 3 aromatic rings. The van der Waals surface area contributed by atoms with Gasteiger partial charge in [-0.05, 0) is 55.0 Å². The van der Waals surface area contributed by atoms with Gasteiger partial charge < -0.3 is 15.8 Å². The van der Waals surface area contributed by atoms with Gasteiger partial charge in [0.1, 0.15) is 16.4 Å². The lowest BCUT2D eigenvalue weighted by Crippen LogP contribution is -2.14. The summed E-state index contributed by atoms with van der Waals surface area (Å²) in [6, 6.07) is 12.6. The maximum Gasteiger partial charge on any atom is 0.269 e. The number of methoxy groups -OCH3 is 1. The molecular weight excluding hydrogens is 390 g/mol. The minimum absolute atomic E-state index is 0.286. The molecule has 3 rings (SSSR count). The molecule has 5 nitrogen and oxygen atoms in total. The molecule has 0 aliphatic heterocycles. The number of hydrogen-bond acceptors (Lipinski definition) is 5. The van der Waals surface area contributed by atoms with Crippen molar-refractivity contribution in [2.45, 2.75) is 6.92 Å². The number of amides is 1. The maximum absolute atomic E-state index is 12.7. The Balaban J connectivity index is 1.98. The van der Waals surface area contributed by atoms with Crippen molar-refractivity contribution in [2.24, 2.45) is 0 Å². The van der Waals surface area contributed by atoms with Crippen LogP contribution < -0.4 is 15.8 Å². The van der Waals surface area contributed by atoms with Crippen molar-refractivity contribution in [3.8, 4) is 11.4 Å². The third kappa shape index (κ3) is 3.46. The van der Waals surface area contributed by atoms with Gasteiger partial charge in [-0.1, -0.05) is 35.1 Å². The van der Waals surface area contributed by atoms with Crippen molar-refractivity contribution in [3.63, 3.8) is 0 Å². The van der Waals surface area contributed by atoms with Gasteiger partial charge in [-0.15, -0.1) is 0 Å². The van der Waals surface area contributed by atoms with Crippen molar-refractivity contribution in [2.75, 3.05) is 18.2 Å². The van der Waals surface area contributed by atoms with Gasteiger partial charge in [-0.25, -0.2) is 0 Å². The summed E-state index contributed by atoms with van der Waals surface area (Å²) in [6.07, 6.45) is 0. The van der Waals surface area contributed by atoms with Crippen LogP contribution in [0.15, 0.2) is 42.5 Å². The second kappa shape index (κ2) is 7.49. The predicted octanol–water partition coefficient (Wildman–Crippen LogP) is 5.07. The fourth-order valence-electron chi connectivity index (χ4n) is 2.49. The van der Waals surface area contributed by atoms with Gasteiger partial charge in [0.2, 0.25) is 0 Å². The van der Waals surface area contributed by atoms with E-state index in [1.165, 1.54) is 0 Å². The highest BCUT2D eigenvalue weighted by Gasteiger charge is 2.19. The van der Waals surface area contributed by atoms with E-state index in [1.54, 1.807) is 29.9 Å². The van der Waals surface area contributed by atoms with Gasteiger partial charge in [0.15, 0.2) is 3.95 Å². The Kier molecular flexibility index (Phi) is 5.31. The van der Waals surface area contributed by atoms with Crippen molar-refractivity contribution in [1.29, 1.82) is 0 Å². The largest absolute Gasteiger partial charge is 0.495 e. The number of nitrogens with two attached hydrogens (primary N) is 1. The molecule has 0 unspecified atom stereocenters. The Hall–Kier alpha value is -2.35. The van der Waals surface area contributed by atoms with E-state index in [2.05, 4.69) is 5.32 Å². The Morgan fingerprint density at radius 3 is 2.73 bits per heavy atom. The van der Waals surface area contributed by atoms with Gasteiger partial charge in [0.25, 0.3) is 5.91 Å². The van der Waals surface area contributed by atoms with Gasteiger partial charge in [0, 0.05) is 10.7 Å². The first-order chi connectivity index (χ1) is 12.4. The molecule has 0 bridgehead atoms. The fourth-order valence-corrected chi connectivity index (χ4v) is 3.87. The molecule has 0 spiro atoms. The molecule has 8 heteroatoms. The van der Waals surface area contributed by atoms with E-state index in [0.717, 1.165) is 22.6 Å². The fraction of sp³-hybridized carbons (Fsp3) is 0.111. The molecule has 0 radical (unpaired) electrons. The van der Waals surface area contributed by atoms with E-state index in [9.17, 15) is 4.79 Å². The maximum atomic E-state index is 12.7. The van der Waals surface area contributed by atoms with E-state index < -0.39 is 0 Å². The first kappa shape index (κ1) is 18.4. The molecule has 0 aliphatic rings. The number of nitrogens with one attached hydrogen (secondary N) is 1.